The van der Waals surface area contributed by atoms with E-state index in [0.717, 1.165) is 37.1 Å². The van der Waals surface area contributed by atoms with Gasteiger partial charge in [-0.3, -0.25) is 4.79 Å². The molecule has 1 amide bonds. The third-order valence-corrected chi connectivity index (χ3v) is 5.43. The summed E-state index contributed by atoms with van der Waals surface area (Å²) in [5.41, 5.74) is 0.976. The van der Waals surface area contributed by atoms with Gasteiger partial charge in [0.2, 0.25) is 0 Å². The molecule has 0 bridgehead atoms. The minimum absolute atomic E-state index is 0.0442. The molecule has 0 saturated carbocycles. The largest absolute Gasteiger partial charge is 0.379 e. The van der Waals surface area contributed by atoms with Gasteiger partial charge in [0.05, 0.1) is 0 Å². The monoisotopic (exact) mass is 345 g/mol. The fourth-order valence-corrected chi connectivity index (χ4v) is 4.06. The van der Waals surface area contributed by atoms with Crippen LogP contribution >= 0.6 is 0 Å². The predicted octanol–water partition coefficient (Wildman–Crippen LogP) is 3.66. The second kappa shape index (κ2) is 6.93. The summed E-state index contributed by atoms with van der Waals surface area (Å²) < 4.78 is 0. The highest BCUT2D eigenvalue weighted by Crippen LogP contribution is 2.43. The molecule has 1 aliphatic heterocycles. The van der Waals surface area contributed by atoms with Crippen molar-refractivity contribution >= 4 is 5.91 Å². The second-order valence-corrected chi connectivity index (χ2v) is 6.98. The first-order chi connectivity index (χ1) is 12.7. The molecule has 0 radical (unpaired) electrons. The number of hydrogen-bond donors (Lipinski definition) is 1. The van der Waals surface area contributed by atoms with Gasteiger partial charge in [-0.2, -0.15) is 0 Å². The van der Waals surface area contributed by atoms with E-state index < -0.39 is 11.5 Å². The number of carbonyl (C=O) groups excluding carboxylic acids is 1. The molecule has 3 heteroatoms. The molecule has 1 atom stereocenters. The predicted molar refractivity (Wildman–Crippen MR) is 102 cm³/mol. The molecule has 1 saturated heterocycles. The number of amides is 1. The maximum Gasteiger partial charge on any atom is 0.250 e. The Hall–Kier alpha value is -2.65. The normalized spacial score (nSPS) is 19.7. The SMILES string of the molecule is O=C(C1=CC=CC1C(O)(c1ccccc1)c1ccccc1)N1CCCC1. The summed E-state index contributed by atoms with van der Waals surface area (Å²) in [5.74, 6) is -0.358. The van der Waals surface area contributed by atoms with Gasteiger partial charge in [-0.15, -0.1) is 0 Å². The van der Waals surface area contributed by atoms with Crippen LogP contribution in [0, 0.1) is 5.92 Å². The Bertz CT molecular complexity index is 794. The molecular formula is C23H23NO2. The van der Waals surface area contributed by atoms with Gasteiger partial charge < -0.3 is 10.0 Å². The molecule has 1 unspecified atom stereocenters. The Balaban J connectivity index is 1.78. The van der Waals surface area contributed by atoms with Crippen molar-refractivity contribution in [2.24, 2.45) is 5.92 Å². The van der Waals surface area contributed by atoms with Crippen LogP contribution in [0.4, 0.5) is 0 Å². The molecule has 1 fully saturated rings. The molecule has 4 rings (SSSR count). The topological polar surface area (TPSA) is 40.5 Å². The van der Waals surface area contributed by atoms with Gasteiger partial charge in [-0.1, -0.05) is 78.9 Å². The van der Waals surface area contributed by atoms with Gasteiger partial charge in [0, 0.05) is 24.6 Å². The minimum atomic E-state index is -1.28. The molecular weight excluding hydrogens is 322 g/mol. The van der Waals surface area contributed by atoms with E-state index in [1.54, 1.807) is 0 Å². The van der Waals surface area contributed by atoms with Crippen molar-refractivity contribution in [1.82, 2.24) is 4.90 Å². The van der Waals surface area contributed by atoms with Gasteiger partial charge >= 0.3 is 0 Å². The van der Waals surface area contributed by atoms with Crippen molar-refractivity contribution in [3.05, 3.63) is 95.6 Å². The zero-order valence-electron chi connectivity index (χ0n) is 14.7. The summed E-state index contributed by atoms with van der Waals surface area (Å²) in [6.45, 7) is 1.61. The van der Waals surface area contributed by atoms with Crippen LogP contribution in [0.2, 0.25) is 0 Å². The number of nitrogens with zero attached hydrogens (tertiary/aromatic N) is 1. The van der Waals surface area contributed by atoms with E-state index in [-0.39, 0.29) is 5.91 Å². The maximum absolute atomic E-state index is 13.1. The van der Waals surface area contributed by atoms with Crippen molar-refractivity contribution in [3.63, 3.8) is 0 Å². The number of rotatable bonds is 4. The maximum atomic E-state index is 13.1. The third-order valence-electron chi connectivity index (χ3n) is 5.43. The molecule has 0 spiro atoms. The summed E-state index contributed by atoms with van der Waals surface area (Å²) in [4.78, 5) is 15.0. The molecule has 1 N–H and O–H groups in total. The number of hydrogen-bond acceptors (Lipinski definition) is 2. The number of allylic oxidation sites excluding steroid dienone is 2. The van der Waals surface area contributed by atoms with Gasteiger partial charge in [0.25, 0.3) is 5.91 Å². The first-order valence-electron chi connectivity index (χ1n) is 9.22. The van der Waals surface area contributed by atoms with E-state index in [9.17, 15) is 9.90 Å². The van der Waals surface area contributed by atoms with Crippen LogP contribution in [-0.2, 0) is 10.4 Å². The van der Waals surface area contributed by atoms with Crippen LogP contribution in [0.15, 0.2) is 84.5 Å². The van der Waals surface area contributed by atoms with Crippen molar-refractivity contribution in [3.8, 4) is 0 Å². The first kappa shape index (κ1) is 16.8. The average Bonchev–Trinajstić information content (AvgIpc) is 3.40. The van der Waals surface area contributed by atoms with Crippen LogP contribution < -0.4 is 0 Å². The highest BCUT2D eigenvalue weighted by Gasteiger charge is 2.44. The van der Waals surface area contributed by atoms with E-state index in [4.69, 9.17) is 0 Å². The molecule has 0 aromatic heterocycles. The van der Waals surface area contributed by atoms with Gasteiger partial charge in [-0.25, -0.2) is 0 Å². The van der Waals surface area contributed by atoms with Crippen molar-refractivity contribution in [1.29, 1.82) is 0 Å². The lowest BCUT2D eigenvalue weighted by atomic mass is 9.73. The van der Waals surface area contributed by atoms with Gasteiger partial charge in [-0.05, 0) is 24.0 Å². The summed E-state index contributed by atoms with van der Waals surface area (Å²) in [7, 11) is 0. The number of benzene rings is 2. The highest BCUT2D eigenvalue weighted by atomic mass is 16.3. The molecule has 2 aromatic rings. The number of carbonyl (C=O) groups is 1. The molecule has 1 aliphatic carbocycles. The van der Waals surface area contributed by atoms with Crippen molar-refractivity contribution < 1.29 is 9.90 Å². The molecule has 1 heterocycles. The smallest absolute Gasteiger partial charge is 0.250 e. The summed E-state index contributed by atoms with van der Waals surface area (Å²) in [6.07, 6.45) is 7.81. The zero-order valence-corrected chi connectivity index (χ0v) is 14.7. The van der Waals surface area contributed by atoms with E-state index in [2.05, 4.69) is 0 Å². The van der Waals surface area contributed by atoms with Crippen LogP contribution in [0.5, 0.6) is 0 Å². The lowest BCUT2D eigenvalue weighted by Gasteiger charge is -2.36. The van der Waals surface area contributed by atoms with Crippen LogP contribution in [0.25, 0.3) is 0 Å². The Morgan fingerprint density at radius 1 is 0.923 bits per heavy atom. The third kappa shape index (κ3) is 2.78. The Morgan fingerprint density at radius 3 is 2.00 bits per heavy atom. The molecule has 2 aliphatic rings. The van der Waals surface area contributed by atoms with Crippen LogP contribution in [-0.4, -0.2) is 29.0 Å². The van der Waals surface area contributed by atoms with Crippen molar-refractivity contribution in [2.45, 2.75) is 18.4 Å². The Labute approximate surface area is 154 Å². The fraction of sp³-hybridized carbons (Fsp3) is 0.261. The lowest BCUT2D eigenvalue weighted by Crippen LogP contribution is -2.40. The Morgan fingerprint density at radius 2 is 1.46 bits per heavy atom. The number of aliphatic hydroxyl groups is 1. The van der Waals surface area contributed by atoms with E-state index in [0.29, 0.717) is 5.57 Å². The van der Waals surface area contributed by atoms with E-state index in [1.807, 2.05) is 83.8 Å². The molecule has 132 valence electrons. The quantitative estimate of drug-likeness (QED) is 0.919. The van der Waals surface area contributed by atoms with Crippen LogP contribution in [0.3, 0.4) is 0 Å². The minimum Gasteiger partial charge on any atom is -0.379 e. The lowest BCUT2D eigenvalue weighted by molar-refractivity contribution is -0.127. The standard InChI is InChI=1S/C23H23NO2/c25-22(24-16-7-8-17-24)20-14-9-15-21(20)23(26,18-10-3-1-4-11-18)19-12-5-2-6-13-19/h1-6,9-15,21,26H,7-8,16-17H2. The fourth-order valence-electron chi connectivity index (χ4n) is 4.06. The van der Waals surface area contributed by atoms with E-state index in [1.165, 1.54) is 0 Å². The molecule has 3 nitrogen and oxygen atoms in total. The summed E-state index contributed by atoms with van der Waals surface area (Å²) in [6, 6.07) is 19.3. The van der Waals surface area contributed by atoms with Gasteiger partial charge in [0.1, 0.15) is 5.60 Å². The first-order valence-corrected chi connectivity index (χ1v) is 9.22. The zero-order chi connectivity index (χ0) is 18.0. The molecule has 2 aromatic carbocycles. The van der Waals surface area contributed by atoms with E-state index >= 15 is 0 Å². The number of likely N-dealkylation sites (tertiary alicyclic amines) is 1. The summed E-state index contributed by atoms with van der Waals surface area (Å²) in [5, 5.41) is 12.0. The Kier molecular flexibility index (Phi) is 4.48. The van der Waals surface area contributed by atoms with Gasteiger partial charge in [0.15, 0.2) is 0 Å². The highest BCUT2D eigenvalue weighted by molar-refractivity contribution is 5.96. The van der Waals surface area contributed by atoms with Crippen molar-refractivity contribution in [2.75, 3.05) is 13.1 Å². The molecule has 26 heavy (non-hydrogen) atoms. The average molecular weight is 345 g/mol. The second-order valence-electron chi connectivity index (χ2n) is 6.98. The summed E-state index contributed by atoms with van der Waals surface area (Å²) >= 11 is 0. The van der Waals surface area contributed by atoms with Crippen LogP contribution in [0.1, 0.15) is 24.0 Å².